The molecule has 2 aromatic rings. The third-order valence-corrected chi connectivity index (χ3v) is 2.59. The fourth-order valence-electron chi connectivity index (χ4n) is 1.63. The van der Waals surface area contributed by atoms with Gasteiger partial charge in [0.15, 0.2) is 0 Å². The van der Waals surface area contributed by atoms with E-state index in [0.29, 0.717) is 0 Å². The van der Waals surface area contributed by atoms with Gasteiger partial charge in [-0.3, -0.25) is 4.98 Å². The molecule has 1 aromatic carbocycles. The summed E-state index contributed by atoms with van der Waals surface area (Å²) < 4.78 is 0. The molecule has 0 aliphatic carbocycles. The molecule has 0 N–H and O–H groups in total. The molecule has 1 aromatic heterocycles. The van der Waals surface area contributed by atoms with Crippen LogP contribution in [0, 0.1) is 0 Å². The summed E-state index contributed by atoms with van der Waals surface area (Å²) >= 11 is 0. The van der Waals surface area contributed by atoms with Crippen LogP contribution in [-0.2, 0) is 12.8 Å². The molecule has 0 saturated heterocycles. The Morgan fingerprint density at radius 1 is 0.765 bits per heavy atom. The van der Waals surface area contributed by atoms with Crippen molar-refractivity contribution in [2.75, 3.05) is 0 Å². The summed E-state index contributed by atoms with van der Waals surface area (Å²) in [5.41, 5.74) is 4.07. The van der Waals surface area contributed by atoms with Crippen molar-refractivity contribution in [3.63, 3.8) is 0 Å². The maximum absolute atomic E-state index is 4.01. The zero-order valence-electron chi connectivity index (χ0n) is 11.0. The first kappa shape index (κ1) is 13.4. The molecular formula is C16H21N. The molecule has 0 bridgehead atoms. The van der Waals surface area contributed by atoms with Crippen LogP contribution in [0.5, 0.6) is 0 Å². The average Bonchev–Trinajstić information content (AvgIpc) is 2.43. The molecule has 90 valence electrons. The van der Waals surface area contributed by atoms with Crippen LogP contribution in [0.15, 0.2) is 48.8 Å². The van der Waals surface area contributed by atoms with Crippen molar-refractivity contribution in [1.29, 1.82) is 0 Å². The first-order valence-corrected chi connectivity index (χ1v) is 6.35. The Labute approximate surface area is 105 Å². The van der Waals surface area contributed by atoms with Crippen molar-refractivity contribution in [2.45, 2.75) is 33.6 Å². The summed E-state index contributed by atoms with van der Waals surface area (Å²) in [6.07, 6.45) is 5.79. The van der Waals surface area contributed by atoms with Gasteiger partial charge in [0, 0.05) is 12.4 Å². The van der Waals surface area contributed by atoms with Crippen molar-refractivity contribution in [1.82, 2.24) is 4.98 Å². The molecule has 0 aliphatic rings. The average molecular weight is 227 g/mol. The topological polar surface area (TPSA) is 12.9 Å². The second-order valence-electron chi connectivity index (χ2n) is 3.70. The van der Waals surface area contributed by atoms with Gasteiger partial charge in [-0.1, -0.05) is 45.0 Å². The molecule has 0 saturated carbocycles. The molecule has 0 atom stereocenters. The molecule has 0 fully saturated rings. The van der Waals surface area contributed by atoms with Gasteiger partial charge in [-0.25, -0.2) is 0 Å². The molecule has 2 rings (SSSR count). The number of hydrogen-bond acceptors (Lipinski definition) is 1. The van der Waals surface area contributed by atoms with E-state index in [1.54, 1.807) is 0 Å². The molecule has 0 aliphatic heterocycles. The standard InChI is InChI=1S/C14H15N.C2H6/c1-2-12-3-5-13(6-4-12)11-14-7-9-15-10-8-14;1-2/h3-10H,2,11H2,1H3;1-2H3. The van der Waals surface area contributed by atoms with Crippen LogP contribution in [0.3, 0.4) is 0 Å². The fourth-order valence-corrected chi connectivity index (χ4v) is 1.63. The van der Waals surface area contributed by atoms with Crippen LogP contribution in [-0.4, -0.2) is 4.98 Å². The van der Waals surface area contributed by atoms with Gasteiger partial charge in [0.05, 0.1) is 0 Å². The van der Waals surface area contributed by atoms with Gasteiger partial charge in [0.25, 0.3) is 0 Å². The highest BCUT2D eigenvalue weighted by atomic mass is 14.6. The zero-order chi connectivity index (χ0) is 12.5. The van der Waals surface area contributed by atoms with Crippen LogP contribution in [0.4, 0.5) is 0 Å². The maximum atomic E-state index is 4.01. The monoisotopic (exact) mass is 227 g/mol. The third kappa shape index (κ3) is 4.39. The molecule has 1 nitrogen and oxygen atoms in total. The number of aryl methyl sites for hydroxylation is 1. The largest absolute Gasteiger partial charge is 0.265 e. The number of nitrogens with zero attached hydrogens (tertiary/aromatic N) is 1. The summed E-state index contributed by atoms with van der Waals surface area (Å²) in [4.78, 5) is 4.01. The Kier molecular flexibility index (Phi) is 6.02. The number of pyridine rings is 1. The molecule has 17 heavy (non-hydrogen) atoms. The molecule has 0 spiro atoms. The minimum atomic E-state index is 0.993. The van der Waals surface area contributed by atoms with E-state index in [4.69, 9.17) is 0 Å². The van der Waals surface area contributed by atoms with Crippen LogP contribution < -0.4 is 0 Å². The van der Waals surface area contributed by atoms with Crippen molar-refractivity contribution in [2.24, 2.45) is 0 Å². The minimum Gasteiger partial charge on any atom is -0.265 e. The smallest absolute Gasteiger partial charge is 0.0270 e. The number of hydrogen-bond donors (Lipinski definition) is 0. The van der Waals surface area contributed by atoms with Gasteiger partial charge >= 0.3 is 0 Å². The van der Waals surface area contributed by atoms with E-state index in [0.717, 1.165) is 12.8 Å². The normalized spacial score (nSPS) is 9.35. The third-order valence-electron chi connectivity index (χ3n) is 2.59. The summed E-state index contributed by atoms with van der Waals surface area (Å²) in [6.45, 7) is 6.18. The molecule has 0 unspecified atom stereocenters. The van der Waals surface area contributed by atoms with Crippen molar-refractivity contribution >= 4 is 0 Å². The van der Waals surface area contributed by atoms with Gasteiger partial charge < -0.3 is 0 Å². The molecule has 0 radical (unpaired) electrons. The van der Waals surface area contributed by atoms with Crippen LogP contribution in [0.25, 0.3) is 0 Å². The highest BCUT2D eigenvalue weighted by Gasteiger charge is 1.95. The molecular weight excluding hydrogens is 206 g/mol. The van der Waals surface area contributed by atoms with E-state index in [-0.39, 0.29) is 0 Å². The Morgan fingerprint density at radius 2 is 1.24 bits per heavy atom. The lowest BCUT2D eigenvalue weighted by molar-refractivity contribution is 1.11. The first-order chi connectivity index (χ1) is 8.38. The van der Waals surface area contributed by atoms with E-state index < -0.39 is 0 Å². The summed E-state index contributed by atoms with van der Waals surface area (Å²) in [5.74, 6) is 0. The summed E-state index contributed by atoms with van der Waals surface area (Å²) in [7, 11) is 0. The molecule has 1 heterocycles. The van der Waals surface area contributed by atoms with E-state index >= 15 is 0 Å². The van der Waals surface area contributed by atoms with E-state index in [1.165, 1.54) is 16.7 Å². The van der Waals surface area contributed by atoms with Crippen LogP contribution in [0.2, 0.25) is 0 Å². The Hall–Kier alpha value is -1.63. The highest BCUT2D eigenvalue weighted by molar-refractivity contribution is 5.27. The molecule has 0 amide bonds. The minimum absolute atomic E-state index is 0.993. The predicted octanol–water partition coefficient (Wildman–Crippen LogP) is 4.26. The van der Waals surface area contributed by atoms with E-state index in [1.807, 2.05) is 26.2 Å². The lowest BCUT2D eigenvalue weighted by Crippen LogP contribution is -1.89. The van der Waals surface area contributed by atoms with E-state index in [9.17, 15) is 0 Å². The lowest BCUT2D eigenvalue weighted by Gasteiger charge is -2.02. The SMILES string of the molecule is CC.CCc1ccc(Cc2ccncc2)cc1. The van der Waals surface area contributed by atoms with Crippen LogP contribution >= 0.6 is 0 Å². The van der Waals surface area contributed by atoms with Gasteiger partial charge in [-0.15, -0.1) is 0 Å². The highest BCUT2D eigenvalue weighted by Crippen LogP contribution is 2.10. The maximum Gasteiger partial charge on any atom is 0.0270 e. The first-order valence-electron chi connectivity index (χ1n) is 6.35. The van der Waals surface area contributed by atoms with Crippen LogP contribution in [0.1, 0.15) is 37.5 Å². The Balaban J connectivity index is 0.000000686. The number of rotatable bonds is 3. The summed E-state index contributed by atoms with van der Waals surface area (Å²) in [6, 6.07) is 13.0. The van der Waals surface area contributed by atoms with Crippen molar-refractivity contribution < 1.29 is 0 Å². The van der Waals surface area contributed by atoms with Gasteiger partial charge in [0.2, 0.25) is 0 Å². The zero-order valence-corrected chi connectivity index (χ0v) is 11.0. The van der Waals surface area contributed by atoms with E-state index in [2.05, 4.69) is 48.3 Å². The van der Waals surface area contributed by atoms with Crippen molar-refractivity contribution in [3.8, 4) is 0 Å². The Morgan fingerprint density at radius 3 is 1.76 bits per heavy atom. The van der Waals surface area contributed by atoms with Gasteiger partial charge in [0.1, 0.15) is 0 Å². The second-order valence-corrected chi connectivity index (χ2v) is 3.70. The number of aromatic nitrogens is 1. The summed E-state index contributed by atoms with van der Waals surface area (Å²) in [5, 5.41) is 0. The lowest BCUT2D eigenvalue weighted by atomic mass is 10.0. The van der Waals surface area contributed by atoms with Gasteiger partial charge in [-0.2, -0.15) is 0 Å². The molecule has 1 heteroatoms. The number of benzene rings is 1. The quantitative estimate of drug-likeness (QED) is 0.763. The predicted molar refractivity (Wildman–Crippen MR) is 74.2 cm³/mol. The Bertz CT molecular complexity index is 403. The van der Waals surface area contributed by atoms with Gasteiger partial charge in [-0.05, 0) is 41.7 Å². The van der Waals surface area contributed by atoms with Crippen molar-refractivity contribution in [3.05, 3.63) is 65.5 Å². The fraction of sp³-hybridized carbons (Fsp3) is 0.312. The second kappa shape index (κ2) is 7.61.